The second-order valence-corrected chi connectivity index (χ2v) is 6.10. The summed E-state index contributed by atoms with van der Waals surface area (Å²) in [5.41, 5.74) is 0. The Morgan fingerprint density at radius 1 is 1.48 bits per heavy atom. The molecule has 1 aliphatic heterocycles. The number of halogens is 1. The molecule has 3 N–H and O–H groups in total. The van der Waals surface area contributed by atoms with E-state index in [4.69, 9.17) is 4.42 Å². The molecule has 10 heteroatoms. The van der Waals surface area contributed by atoms with Gasteiger partial charge in [0.15, 0.2) is 11.7 Å². The first kappa shape index (κ1) is 21.2. The van der Waals surface area contributed by atoms with Crippen molar-refractivity contribution in [1.29, 1.82) is 0 Å². The molecule has 2 aromatic heterocycles. The van der Waals surface area contributed by atoms with Crippen molar-refractivity contribution in [1.82, 2.24) is 30.7 Å². The number of nitrogens with zero attached hydrogens (tertiary/aromatic N) is 4. The normalized spacial score (nSPS) is 16.9. The topological polar surface area (TPSA) is 111 Å². The Morgan fingerprint density at radius 3 is 3.04 bits per heavy atom. The van der Waals surface area contributed by atoms with Crippen LogP contribution in [0.4, 0.5) is 0 Å². The monoisotopic (exact) mass is 487 g/mol. The predicted octanol–water partition coefficient (Wildman–Crippen LogP) is 1.75. The van der Waals surface area contributed by atoms with E-state index in [0.717, 1.165) is 19.5 Å². The molecule has 0 radical (unpaired) electrons. The van der Waals surface area contributed by atoms with Gasteiger partial charge in [0, 0.05) is 32.1 Å². The number of likely N-dealkylation sites (tertiary alicyclic amines) is 1. The molecule has 1 atom stereocenters. The van der Waals surface area contributed by atoms with E-state index in [1.54, 1.807) is 12.3 Å². The van der Waals surface area contributed by atoms with Crippen molar-refractivity contribution >= 4 is 35.8 Å². The van der Waals surface area contributed by atoms with Gasteiger partial charge in [0.05, 0.1) is 6.26 Å². The molecule has 148 valence electrons. The van der Waals surface area contributed by atoms with Crippen LogP contribution in [0.3, 0.4) is 0 Å². The number of aromatic amines is 1. The standard InChI is InChI=1S/C17H25N7O2.HI/c1-3-15(25)24-8-7-12(11-24)20-17(18-4-2)19-10-14-21-16(23-22-14)13-6-5-9-26-13;/h5-6,9,12H,3-4,7-8,10-11H2,1-2H3,(H2,18,19,20)(H,21,22,23);1H. The van der Waals surface area contributed by atoms with Crippen LogP contribution in [0, 0.1) is 0 Å². The molecule has 2 aromatic rings. The maximum absolute atomic E-state index is 11.8. The van der Waals surface area contributed by atoms with Crippen LogP contribution in [0.15, 0.2) is 27.8 Å². The largest absolute Gasteiger partial charge is 0.461 e. The molecule has 9 nitrogen and oxygen atoms in total. The molecule has 3 rings (SSSR count). The summed E-state index contributed by atoms with van der Waals surface area (Å²) in [6.07, 6.45) is 3.05. The molecular weight excluding hydrogens is 461 g/mol. The number of carbonyl (C=O) groups excluding carboxylic acids is 1. The van der Waals surface area contributed by atoms with Gasteiger partial charge in [-0.2, -0.15) is 0 Å². The minimum Gasteiger partial charge on any atom is -0.461 e. The van der Waals surface area contributed by atoms with Crippen LogP contribution in [0.25, 0.3) is 11.6 Å². The van der Waals surface area contributed by atoms with Gasteiger partial charge in [-0.25, -0.2) is 9.98 Å². The number of rotatable bonds is 6. The third kappa shape index (κ3) is 5.68. The lowest BCUT2D eigenvalue weighted by Crippen LogP contribution is -2.45. The predicted molar refractivity (Wildman–Crippen MR) is 113 cm³/mol. The number of aromatic nitrogens is 3. The summed E-state index contributed by atoms with van der Waals surface area (Å²) in [5.74, 6) is 2.70. The number of aliphatic imine (C=N–C) groups is 1. The van der Waals surface area contributed by atoms with E-state index in [-0.39, 0.29) is 35.9 Å². The van der Waals surface area contributed by atoms with Crippen molar-refractivity contribution < 1.29 is 9.21 Å². The van der Waals surface area contributed by atoms with Crippen LogP contribution in [0.2, 0.25) is 0 Å². The van der Waals surface area contributed by atoms with Gasteiger partial charge in [-0.15, -0.1) is 29.1 Å². The molecule has 27 heavy (non-hydrogen) atoms. The Labute approximate surface area is 175 Å². The van der Waals surface area contributed by atoms with Crippen molar-refractivity contribution in [2.24, 2.45) is 4.99 Å². The Kier molecular flexibility index (Phi) is 8.07. The maximum atomic E-state index is 11.8. The lowest BCUT2D eigenvalue weighted by molar-refractivity contribution is -0.129. The Morgan fingerprint density at radius 2 is 2.33 bits per heavy atom. The smallest absolute Gasteiger partial charge is 0.222 e. The number of amides is 1. The Bertz CT molecular complexity index is 744. The van der Waals surface area contributed by atoms with E-state index in [9.17, 15) is 4.79 Å². The SMILES string of the molecule is CCNC(=NCc1nc(-c2ccco2)n[nH]1)NC1CCN(C(=O)CC)C1.I. The molecule has 1 amide bonds. The van der Waals surface area contributed by atoms with Crippen molar-refractivity contribution in [3.63, 3.8) is 0 Å². The van der Waals surface area contributed by atoms with Crippen molar-refractivity contribution in [2.75, 3.05) is 19.6 Å². The molecule has 0 aliphatic carbocycles. The van der Waals surface area contributed by atoms with Gasteiger partial charge in [-0.05, 0) is 25.5 Å². The molecule has 1 fully saturated rings. The van der Waals surface area contributed by atoms with E-state index in [2.05, 4.69) is 30.8 Å². The van der Waals surface area contributed by atoms with E-state index in [1.807, 2.05) is 24.8 Å². The molecule has 1 unspecified atom stereocenters. The highest BCUT2D eigenvalue weighted by molar-refractivity contribution is 14.0. The third-order valence-electron chi connectivity index (χ3n) is 4.19. The van der Waals surface area contributed by atoms with Gasteiger partial charge >= 0.3 is 0 Å². The highest BCUT2D eigenvalue weighted by atomic mass is 127. The number of hydrogen-bond acceptors (Lipinski definition) is 5. The first-order valence-corrected chi connectivity index (χ1v) is 8.97. The number of hydrogen-bond donors (Lipinski definition) is 3. The summed E-state index contributed by atoms with van der Waals surface area (Å²) in [5, 5.41) is 13.6. The van der Waals surface area contributed by atoms with Gasteiger partial charge in [0.2, 0.25) is 11.7 Å². The van der Waals surface area contributed by atoms with Crippen LogP contribution in [0.5, 0.6) is 0 Å². The summed E-state index contributed by atoms with van der Waals surface area (Å²) in [7, 11) is 0. The van der Waals surface area contributed by atoms with Crippen molar-refractivity contribution in [2.45, 2.75) is 39.3 Å². The van der Waals surface area contributed by atoms with Gasteiger partial charge in [0.1, 0.15) is 12.4 Å². The zero-order valence-corrected chi connectivity index (χ0v) is 17.9. The number of nitrogens with one attached hydrogen (secondary N) is 3. The molecule has 0 saturated carbocycles. The van der Waals surface area contributed by atoms with Gasteiger partial charge < -0.3 is 20.0 Å². The minimum atomic E-state index is 0. The summed E-state index contributed by atoms with van der Waals surface area (Å²) in [6.45, 7) is 6.53. The zero-order chi connectivity index (χ0) is 18.4. The van der Waals surface area contributed by atoms with Crippen LogP contribution >= 0.6 is 24.0 Å². The van der Waals surface area contributed by atoms with Gasteiger partial charge in [-0.3, -0.25) is 9.89 Å². The Balaban J connectivity index is 0.00000261. The van der Waals surface area contributed by atoms with Crippen molar-refractivity contribution in [3.8, 4) is 11.6 Å². The summed E-state index contributed by atoms with van der Waals surface area (Å²) in [4.78, 5) is 22.6. The lowest BCUT2D eigenvalue weighted by atomic mass is 10.3. The van der Waals surface area contributed by atoms with E-state index in [1.165, 1.54) is 0 Å². The van der Waals surface area contributed by atoms with Gasteiger partial charge in [-0.1, -0.05) is 6.92 Å². The molecule has 0 aromatic carbocycles. The molecule has 1 saturated heterocycles. The molecular formula is C17H26IN7O2. The Hall–Kier alpha value is -2.11. The molecule has 3 heterocycles. The van der Waals surface area contributed by atoms with E-state index in [0.29, 0.717) is 42.9 Å². The second kappa shape index (κ2) is 10.3. The highest BCUT2D eigenvalue weighted by Crippen LogP contribution is 2.14. The van der Waals surface area contributed by atoms with Crippen LogP contribution in [0.1, 0.15) is 32.5 Å². The molecule has 0 bridgehead atoms. The number of furan rings is 1. The highest BCUT2D eigenvalue weighted by Gasteiger charge is 2.25. The average molecular weight is 487 g/mol. The zero-order valence-electron chi connectivity index (χ0n) is 15.6. The van der Waals surface area contributed by atoms with E-state index >= 15 is 0 Å². The maximum Gasteiger partial charge on any atom is 0.222 e. The van der Waals surface area contributed by atoms with Gasteiger partial charge in [0.25, 0.3) is 0 Å². The average Bonchev–Trinajstić information content (AvgIpc) is 3.39. The van der Waals surface area contributed by atoms with Crippen molar-refractivity contribution in [3.05, 3.63) is 24.2 Å². The fourth-order valence-electron chi connectivity index (χ4n) is 2.88. The molecule has 1 aliphatic rings. The van der Waals surface area contributed by atoms with Crippen LogP contribution in [-0.4, -0.2) is 57.6 Å². The quantitative estimate of drug-likeness (QED) is 0.325. The lowest BCUT2D eigenvalue weighted by Gasteiger charge is -2.18. The first-order chi connectivity index (χ1) is 12.7. The van der Waals surface area contributed by atoms with Crippen LogP contribution in [-0.2, 0) is 11.3 Å². The number of H-pyrrole nitrogens is 1. The summed E-state index contributed by atoms with van der Waals surface area (Å²) >= 11 is 0. The van der Waals surface area contributed by atoms with E-state index < -0.39 is 0 Å². The first-order valence-electron chi connectivity index (χ1n) is 8.97. The minimum absolute atomic E-state index is 0. The fraction of sp³-hybridized carbons (Fsp3) is 0.529. The number of carbonyl (C=O) groups is 1. The third-order valence-corrected chi connectivity index (χ3v) is 4.19. The van der Waals surface area contributed by atoms with Crippen LogP contribution < -0.4 is 10.6 Å². The summed E-state index contributed by atoms with van der Waals surface area (Å²) < 4.78 is 5.29. The fourth-order valence-corrected chi connectivity index (χ4v) is 2.88. The number of guanidine groups is 1. The summed E-state index contributed by atoms with van der Waals surface area (Å²) in [6, 6.07) is 3.81. The molecule has 0 spiro atoms. The second-order valence-electron chi connectivity index (χ2n) is 6.10.